The van der Waals surface area contributed by atoms with Crippen LogP contribution in [0.4, 0.5) is 11.4 Å². The number of anilines is 2. The maximum absolute atomic E-state index is 12.0. The summed E-state index contributed by atoms with van der Waals surface area (Å²) < 4.78 is 9.03. The van der Waals surface area contributed by atoms with Crippen molar-refractivity contribution in [1.29, 1.82) is 0 Å². The zero-order valence-corrected chi connectivity index (χ0v) is 16.8. The minimum atomic E-state index is -0.289. The number of para-hydroxylation sites is 1. The van der Waals surface area contributed by atoms with Crippen LogP contribution >= 0.6 is 23.8 Å². The van der Waals surface area contributed by atoms with Crippen LogP contribution in [0.25, 0.3) is 0 Å². The number of rotatable bonds is 7. The quantitative estimate of drug-likeness (QED) is 0.512. The summed E-state index contributed by atoms with van der Waals surface area (Å²) in [5.74, 6) is 0.581. The highest BCUT2D eigenvalue weighted by molar-refractivity contribution is 7.80. The Labute approximate surface area is 172 Å². The fourth-order valence-electron chi connectivity index (χ4n) is 2.49. The highest BCUT2D eigenvalue weighted by Crippen LogP contribution is 2.17. The number of nitrogens with zero attached hydrogens (tertiary/aromatic N) is 2. The summed E-state index contributed by atoms with van der Waals surface area (Å²) >= 11 is 6.47. The molecule has 7 nitrogen and oxygen atoms in total. The van der Waals surface area contributed by atoms with Crippen molar-refractivity contribution in [3.05, 3.63) is 65.2 Å². The minimum absolute atomic E-state index is 0.289. The molecule has 0 radical (unpaired) electrons. The van der Waals surface area contributed by atoms with Crippen LogP contribution in [-0.4, -0.2) is 34.3 Å². The summed E-state index contributed by atoms with van der Waals surface area (Å²) in [6, 6.07) is 15.2. The number of hydrogen-bond acceptors (Lipinski definition) is 6. The maximum Gasteiger partial charge on any atom is 0.277 e. The SMILES string of the molecule is COc1ccccc1CCNC(=S)Nc1ccc(NC(=O)c2csnn2)cc1. The van der Waals surface area contributed by atoms with Crippen LogP contribution < -0.4 is 20.7 Å². The number of ether oxygens (including phenoxy) is 1. The van der Waals surface area contributed by atoms with Crippen molar-refractivity contribution in [2.45, 2.75) is 6.42 Å². The molecule has 0 saturated heterocycles. The normalized spacial score (nSPS) is 10.2. The van der Waals surface area contributed by atoms with Gasteiger partial charge in [0.2, 0.25) is 0 Å². The van der Waals surface area contributed by atoms with Gasteiger partial charge in [0.05, 0.1) is 7.11 Å². The molecule has 0 unspecified atom stereocenters. The number of nitrogens with one attached hydrogen (secondary N) is 3. The Morgan fingerprint density at radius 1 is 1.11 bits per heavy atom. The molecule has 0 saturated carbocycles. The van der Waals surface area contributed by atoms with Gasteiger partial charge in [-0.05, 0) is 66.1 Å². The van der Waals surface area contributed by atoms with E-state index in [1.807, 2.05) is 36.4 Å². The third-order valence-electron chi connectivity index (χ3n) is 3.87. The zero-order valence-electron chi connectivity index (χ0n) is 15.1. The Bertz CT molecular complexity index is 930. The average Bonchev–Trinajstić information content (AvgIpc) is 3.25. The van der Waals surface area contributed by atoms with Crippen LogP contribution in [0, 0.1) is 0 Å². The molecule has 144 valence electrons. The van der Waals surface area contributed by atoms with Gasteiger partial charge >= 0.3 is 0 Å². The van der Waals surface area contributed by atoms with Crippen molar-refractivity contribution in [2.24, 2.45) is 0 Å². The van der Waals surface area contributed by atoms with Crippen molar-refractivity contribution >= 4 is 46.1 Å². The molecule has 28 heavy (non-hydrogen) atoms. The summed E-state index contributed by atoms with van der Waals surface area (Å²) in [5.41, 5.74) is 2.91. The highest BCUT2D eigenvalue weighted by atomic mass is 32.1. The van der Waals surface area contributed by atoms with Crippen LogP contribution in [-0.2, 0) is 6.42 Å². The predicted octanol–water partition coefficient (Wildman–Crippen LogP) is 3.33. The Balaban J connectivity index is 1.46. The molecule has 1 amide bonds. The molecule has 0 spiro atoms. The number of thiocarbonyl (C=S) groups is 1. The maximum atomic E-state index is 12.0. The lowest BCUT2D eigenvalue weighted by molar-refractivity contribution is 0.102. The molecule has 9 heteroatoms. The lowest BCUT2D eigenvalue weighted by atomic mass is 10.1. The molecule has 1 aromatic heterocycles. The van der Waals surface area contributed by atoms with E-state index in [1.165, 1.54) is 0 Å². The fourth-order valence-corrected chi connectivity index (χ4v) is 3.15. The largest absolute Gasteiger partial charge is 0.496 e. The molecule has 0 bridgehead atoms. The van der Waals surface area contributed by atoms with Gasteiger partial charge in [-0.1, -0.05) is 22.7 Å². The van der Waals surface area contributed by atoms with E-state index in [0.717, 1.165) is 35.0 Å². The second kappa shape index (κ2) is 9.77. The van der Waals surface area contributed by atoms with Crippen LogP contribution in [0.3, 0.4) is 0 Å². The first-order chi connectivity index (χ1) is 13.7. The van der Waals surface area contributed by atoms with E-state index in [4.69, 9.17) is 17.0 Å². The molecule has 1 heterocycles. The summed E-state index contributed by atoms with van der Waals surface area (Å²) in [5, 5.41) is 14.9. The number of methoxy groups -OCH3 is 1. The molecular formula is C19H19N5O2S2. The van der Waals surface area contributed by atoms with E-state index in [0.29, 0.717) is 23.0 Å². The standard InChI is InChI=1S/C19H19N5O2S2/c1-26-17-5-3-2-4-13(17)10-11-20-19(27)22-15-8-6-14(7-9-15)21-18(25)16-12-28-24-23-16/h2-9,12H,10-11H2,1H3,(H,21,25)(H2,20,22,27). The van der Waals surface area contributed by atoms with Gasteiger partial charge in [-0.25, -0.2) is 0 Å². The van der Waals surface area contributed by atoms with Crippen LogP contribution in [0.15, 0.2) is 53.9 Å². The monoisotopic (exact) mass is 413 g/mol. The van der Waals surface area contributed by atoms with Gasteiger partial charge in [-0.3, -0.25) is 4.79 Å². The second-order valence-electron chi connectivity index (χ2n) is 5.76. The fraction of sp³-hybridized carbons (Fsp3) is 0.158. The van der Waals surface area contributed by atoms with E-state index >= 15 is 0 Å². The molecular weight excluding hydrogens is 394 g/mol. The van der Waals surface area contributed by atoms with Crippen molar-refractivity contribution in [2.75, 3.05) is 24.3 Å². The van der Waals surface area contributed by atoms with E-state index in [1.54, 1.807) is 24.6 Å². The van der Waals surface area contributed by atoms with Crippen molar-refractivity contribution in [1.82, 2.24) is 14.9 Å². The molecule has 0 aliphatic heterocycles. The van der Waals surface area contributed by atoms with Gasteiger partial charge in [0, 0.05) is 23.3 Å². The smallest absolute Gasteiger partial charge is 0.277 e. The number of aromatic nitrogens is 2. The molecule has 0 aliphatic rings. The first-order valence-electron chi connectivity index (χ1n) is 8.51. The number of hydrogen-bond donors (Lipinski definition) is 3. The molecule has 3 aromatic rings. The first kappa shape index (κ1) is 19.7. The second-order valence-corrected chi connectivity index (χ2v) is 6.78. The Hall–Kier alpha value is -3.04. The summed E-state index contributed by atoms with van der Waals surface area (Å²) in [4.78, 5) is 12.0. The van der Waals surface area contributed by atoms with Gasteiger partial charge in [0.1, 0.15) is 5.75 Å². The van der Waals surface area contributed by atoms with Gasteiger partial charge in [-0.2, -0.15) is 0 Å². The van der Waals surface area contributed by atoms with Gasteiger partial charge in [0.25, 0.3) is 5.91 Å². The minimum Gasteiger partial charge on any atom is -0.496 e. The topological polar surface area (TPSA) is 88.2 Å². The lowest BCUT2D eigenvalue weighted by Crippen LogP contribution is -2.30. The molecule has 3 N–H and O–H groups in total. The van der Waals surface area contributed by atoms with Crippen LogP contribution in [0.1, 0.15) is 16.1 Å². The van der Waals surface area contributed by atoms with E-state index in [9.17, 15) is 4.79 Å². The Morgan fingerprint density at radius 2 is 1.82 bits per heavy atom. The van der Waals surface area contributed by atoms with Crippen molar-refractivity contribution in [3.8, 4) is 5.75 Å². The summed E-state index contributed by atoms with van der Waals surface area (Å²) in [6.07, 6.45) is 0.794. The van der Waals surface area contributed by atoms with E-state index < -0.39 is 0 Å². The molecule has 0 atom stereocenters. The van der Waals surface area contributed by atoms with Crippen molar-refractivity contribution in [3.63, 3.8) is 0 Å². The number of benzene rings is 2. The number of carbonyl (C=O) groups excluding carboxylic acids is 1. The Kier molecular flexibility index (Phi) is 6.88. The summed E-state index contributed by atoms with van der Waals surface area (Å²) in [7, 11) is 1.66. The van der Waals surface area contributed by atoms with Gasteiger partial charge in [0.15, 0.2) is 10.8 Å². The van der Waals surface area contributed by atoms with E-state index in [2.05, 4.69) is 25.5 Å². The van der Waals surface area contributed by atoms with Crippen molar-refractivity contribution < 1.29 is 9.53 Å². The molecule has 2 aromatic carbocycles. The average molecular weight is 414 g/mol. The third-order valence-corrected chi connectivity index (χ3v) is 4.62. The lowest BCUT2D eigenvalue weighted by Gasteiger charge is -2.12. The van der Waals surface area contributed by atoms with Crippen LogP contribution in [0.5, 0.6) is 5.75 Å². The van der Waals surface area contributed by atoms with E-state index in [-0.39, 0.29) is 5.91 Å². The first-order valence-corrected chi connectivity index (χ1v) is 9.75. The third kappa shape index (κ3) is 5.48. The van der Waals surface area contributed by atoms with Gasteiger partial charge in [-0.15, -0.1) is 5.10 Å². The molecule has 0 aliphatic carbocycles. The molecule has 3 rings (SSSR count). The summed E-state index contributed by atoms with van der Waals surface area (Å²) in [6.45, 7) is 0.683. The molecule has 0 fully saturated rings. The Morgan fingerprint density at radius 3 is 2.50 bits per heavy atom. The van der Waals surface area contributed by atoms with Crippen LogP contribution in [0.2, 0.25) is 0 Å². The predicted molar refractivity (Wildman–Crippen MR) is 115 cm³/mol. The zero-order chi connectivity index (χ0) is 19.8. The number of carbonyl (C=O) groups is 1. The van der Waals surface area contributed by atoms with Gasteiger partial charge < -0.3 is 20.7 Å². The number of amides is 1. The highest BCUT2D eigenvalue weighted by Gasteiger charge is 2.09.